The summed E-state index contributed by atoms with van der Waals surface area (Å²) in [6, 6.07) is 15.9. The number of halogens is 1. The van der Waals surface area contributed by atoms with Crippen molar-refractivity contribution in [3.63, 3.8) is 0 Å². The van der Waals surface area contributed by atoms with E-state index in [1.165, 1.54) is 5.56 Å². The quantitative estimate of drug-likeness (QED) is 0.598. The molecule has 2 N–H and O–H groups in total. The van der Waals surface area contributed by atoms with Crippen molar-refractivity contribution in [2.45, 2.75) is 19.8 Å². The molecule has 0 unspecified atom stereocenters. The van der Waals surface area contributed by atoms with E-state index in [1.807, 2.05) is 43.3 Å². The van der Waals surface area contributed by atoms with Gasteiger partial charge in [0.2, 0.25) is 11.8 Å². The fourth-order valence-electron chi connectivity index (χ4n) is 2.72. The van der Waals surface area contributed by atoms with Crippen LogP contribution in [0, 0.1) is 6.92 Å². The van der Waals surface area contributed by atoms with Gasteiger partial charge in [-0.2, -0.15) is 0 Å². The van der Waals surface area contributed by atoms with Crippen molar-refractivity contribution in [1.82, 2.24) is 10.2 Å². The summed E-state index contributed by atoms with van der Waals surface area (Å²) in [6.07, 6.45) is 1.83. The van der Waals surface area contributed by atoms with Gasteiger partial charge < -0.3 is 10.6 Å². The SMILES string of the molecule is Cc1cc(Br)ccc1NC(=O)CN(C)CC(=O)NCCCc1ccccc1. The van der Waals surface area contributed by atoms with Crippen LogP contribution in [0.2, 0.25) is 0 Å². The van der Waals surface area contributed by atoms with Gasteiger partial charge in [-0.25, -0.2) is 0 Å². The Balaban J connectivity index is 1.65. The molecule has 0 aromatic heterocycles. The van der Waals surface area contributed by atoms with E-state index in [9.17, 15) is 9.59 Å². The Morgan fingerprint density at radius 3 is 2.44 bits per heavy atom. The van der Waals surface area contributed by atoms with Crippen LogP contribution in [-0.2, 0) is 16.0 Å². The van der Waals surface area contributed by atoms with E-state index in [0.717, 1.165) is 28.6 Å². The monoisotopic (exact) mass is 431 g/mol. The summed E-state index contributed by atoms with van der Waals surface area (Å²) < 4.78 is 0.971. The van der Waals surface area contributed by atoms with Crippen molar-refractivity contribution < 1.29 is 9.59 Å². The second-order valence-electron chi connectivity index (χ2n) is 6.62. The molecular weight excluding hydrogens is 406 g/mol. The first-order chi connectivity index (χ1) is 12.9. The van der Waals surface area contributed by atoms with Crippen molar-refractivity contribution in [3.05, 3.63) is 64.1 Å². The van der Waals surface area contributed by atoms with Gasteiger partial charge in [-0.15, -0.1) is 0 Å². The molecule has 5 nitrogen and oxygen atoms in total. The average Bonchev–Trinajstić information content (AvgIpc) is 2.62. The van der Waals surface area contributed by atoms with Crippen molar-refractivity contribution in [1.29, 1.82) is 0 Å². The van der Waals surface area contributed by atoms with Gasteiger partial charge in [-0.1, -0.05) is 46.3 Å². The number of likely N-dealkylation sites (N-methyl/N-ethyl adjacent to an activating group) is 1. The van der Waals surface area contributed by atoms with Gasteiger partial charge in [0.1, 0.15) is 0 Å². The van der Waals surface area contributed by atoms with Crippen molar-refractivity contribution >= 4 is 33.4 Å². The predicted octanol–water partition coefficient (Wildman–Crippen LogP) is 3.38. The molecule has 0 spiro atoms. The first kappa shape index (κ1) is 21.1. The number of benzene rings is 2. The highest BCUT2D eigenvalue weighted by atomic mass is 79.9. The molecule has 0 aliphatic rings. The third-order valence-electron chi connectivity index (χ3n) is 4.10. The van der Waals surface area contributed by atoms with Gasteiger partial charge in [-0.05, 0) is 56.1 Å². The summed E-state index contributed by atoms with van der Waals surface area (Å²) in [4.78, 5) is 25.9. The number of amides is 2. The van der Waals surface area contributed by atoms with Crippen LogP contribution < -0.4 is 10.6 Å². The normalized spacial score (nSPS) is 10.7. The van der Waals surface area contributed by atoms with Crippen molar-refractivity contribution in [2.75, 3.05) is 32.0 Å². The molecule has 6 heteroatoms. The van der Waals surface area contributed by atoms with E-state index < -0.39 is 0 Å². The third kappa shape index (κ3) is 7.93. The summed E-state index contributed by atoms with van der Waals surface area (Å²) in [5.74, 6) is -0.210. The van der Waals surface area contributed by atoms with Gasteiger partial charge in [0.15, 0.2) is 0 Å². The summed E-state index contributed by atoms with van der Waals surface area (Å²) >= 11 is 3.40. The number of hydrogen-bond acceptors (Lipinski definition) is 3. The van der Waals surface area contributed by atoms with E-state index >= 15 is 0 Å². The van der Waals surface area contributed by atoms with Crippen molar-refractivity contribution in [3.8, 4) is 0 Å². The minimum absolute atomic E-state index is 0.0711. The Morgan fingerprint density at radius 1 is 1.04 bits per heavy atom. The number of hydrogen-bond donors (Lipinski definition) is 2. The Morgan fingerprint density at radius 2 is 1.74 bits per heavy atom. The highest BCUT2D eigenvalue weighted by molar-refractivity contribution is 9.10. The number of nitrogens with zero attached hydrogens (tertiary/aromatic N) is 1. The van der Waals surface area contributed by atoms with Crippen molar-refractivity contribution in [2.24, 2.45) is 0 Å². The molecule has 0 atom stereocenters. The van der Waals surface area contributed by atoms with E-state index in [2.05, 4.69) is 38.7 Å². The Labute approximate surface area is 169 Å². The zero-order valence-corrected chi connectivity index (χ0v) is 17.4. The lowest BCUT2D eigenvalue weighted by atomic mass is 10.1. The molecule has 2 amide bonds. The zero-order chi connectivity index (χ0) is 19.6. The van der Waals surface area contributed by atoms with Crippen LogP contribution in [0.4, 0.5) is 5.69 Å². The maximum atomic E-state index is 12.2. The van der Waals surface area contributed by atoms with Gasteiger partial charge in [-0.3, -0.25) is 14.5 Å². The summed E-state index contributed by atoms with van der Waals surface area (Å²) in [5.41, 5.74) is 3.03. The molecule has 0 fully saturated rings. The number of rotatable bonds is 9. The number of carbonyl (C=O) groups is 2. The molecule has 0 aliphatic carbocycles. The Bertz CT molecular complexity index is 765. The molecule has 0 saturated carbocycles. The van der Waals surface area contributed by atoms with Gasteiger partial charge in [0.05, 0.1) is 13.1 Å². The highest BCUT2D eigenvalue weighted by Gasteiger charge is 2.11. The van der Waals surface area contributed by atoms with E-state index in [-0.39, 0.29) is 24.9 Å². The minimum atomic E-state index is -0.139. The largest absolute Gasteiger partial charge is 0.355 e. The smallest absolute Gasteiger partial charge is 0.238 e. The maximum absolute atomic E-state index is 12.2. The lowest BCUT2D eigenvalue weighted by Crippen LogP contribution is -2.39. The predicted molar refractivity (Wildman–Crippen MR) is 113 cm³/mol. The summed E-state index contributed by atoms with van der Waals surface area (Å²) in [7, 11) is 1.76. The second-order valence-corrected chi connectivity index (χ2v) is 7.53. The molecule has 0 radical (unpaired) electrons. The lowest BCUT2D eigenvalue weighted by molar-refractivity contribution is -0.122. The highest BCUT2D eigenvalue weighted by Crippen LogP contribution is 2.19. The first-order valence-corrected chi connectivity index (χ1v) is 9.78. The Hall–Kier alpha value is -2.18. The fourth-order valence-corrected chi connectivity index (χ4v) is 3.20. The standard InChI is InChI=1S/C21H26BrN3O2/c1-16-13-18(22)10-11-19(16)24-21(27)15-25(2)14-20(26)23-12-6-9-17-7-4-3-5-8-17/h3-5,7-8,10-11,13H,6,9,12,14-15H2,1-2H3,(H,23,26)(H,24,27). The molecule has 2 rings (SSSR count). The molecule has 0 aliphatic heterocycles. The van der Waals surface area contributed by atoms with Crippen LogP contribution in [0.3, 0.4) is 0 Å². The molecule has 0 heterocycles. The minimum Gasteiger partial charge on any atom is -0.355 e. The molecule has 2 aromatic rings. The van der Waals surface area contributed by atoms with Gasteiger partial charge in [0.25, 0.3) is 0 Å². The molecule has 0 bridgehead atoms. The van der Waals surface area contributed by atoms with Crippen LogP contribution in [-0.4, -0.2) is 43.4 Å². The van der Waals surface area contributed by atoms with E-state index in [4.69, 9.17) is 0 Å². The fraction of sp³-hybridized carbons (Fsp3) is 0.333. The average molecular weight is 432 g/mol. The van der Waals surface area contributed by atoms with Crippen LogP contribution in [0.25, 0.3) is 0 Å². The first-order valence-electron chi connectivity index (χ1n) is 8.99. The zero-order valence-electron chi connectivity index (χ0n) is 15.8. The third-order valence-corrected chi connectivity index (χ3v) is 4.59. The van der Waals surface area contributed by atoms with Gasteiger partial charge in [0, 0.05) is 16.7 Å². The van der Waals surface area contributed by atoms with Crippen LogP contribution in [0.5, 0.6) is 0 Å². The number of carbonyl (C=O) groups excluding carboxylic acids is 2. The van der Waals surface area contributed by atoms with E-state index in [1.54, 1.807) is 11.9 Å². The topological polar surface area (TPSA) is 61.4 Å². The molecular formula is C21H26BrN3O2. The summed E-state index contributed by atoms with van der Waals surface area (Å²) in [6.45, 7) is 2.92. The lowest BCUT2D eigenvalue weighted by Gasteiger charge is -2.16. The molecule has 144 valence electrons. The molecule has 2 aromatic carbocycles. The van der Waals surface area contributed by atoms with Crippen LogP contribution >= 0.6 is 15.9 Å². The van der Waals surface area contributed by atoms with Crippen LogP contribution in [0.15, 0.2) is 53.0 Å². The second kappa shape index (κ2) is 10.8. The van der Waals surface area contributed by atoms with E-state index in [0.29, 0.717) is 6.54 Å². The number of aryl methyl sites for hydroxylation is 2. The molecule has 0 saturated heterocycles. The summed E-state index contributed by atoms with van der Waals surface area (Å²) in [5, 5.41) is 5.78. The maximum Gasteiger partial charge on any atom is 0.238 e. The van der Waals surface area contributed by atoms with Crippen LogP contribution in [0.1, 0.15) is 17.5 Å². The molecule has 27 heavy (non-hydrogen) atoms. The Kier molecular flexibility index (Phi) is 8.48. The number of nitrogens with one attached hydrogen (secondary N) is 2. The number of anilines is 1. The van der Waals surface area contributed by atoms with Gasteiger partial charge >= 0.3 is 0 Å².